The molecule has 0 nitrogen and oxygen atoms in total. The van der Waals surface area contributed by atoms with E-state index in [1.807, 2.05) is 0 Å². The van der Waals surface area contributed by atoms with Gasteiger partial charge in [0.2, 0.25) is 0 Å². The van der Waals surface area contributed by atoms with Crippen molar-refractivity contribution in [1.82, 2.24) is 0 Å². The van der Waals surface area contributed by atoms with Gasteiger partial charge in [-0.2, -0.15) is 0 Å². The third-order valence-corrected chi connectivity index (χ3v) is 13.6. The molecule has 5 heteroatoms. The van der Waals surface area contributed by atoms with E-state index in [-0.39, 0.29) is 0 Å². The fourth-order valence-corrected chi connectivity index (χ4v) is 11.5. The van der Waals surface area contributed by atoms with Crippen LogP contribution in [0.2, 0.25) is 0 Å². The molecule has 0 aliphatic heterocycles. The van der Waals surface area contributed by atoms with Gasteiger partial charge in [0, 0.05) is 0 Å². The first-order valence-electron chi connectivity index (χ1n) is 15.9. The van der Waals surface area contributed by atoms with Crippen molar-refractivity contribution < 1.29 is 16.5 Å². The molecule has 242 valence electrons. The van der Waals surface area contributed by atoms with Gasteiger partial charge < -0.3 is 0 Å². The topological polar surface area (TPSA) is 0 Å². The monoisotopic (exact) mass is 887 g/mol. The van der Waals surface area contributed by atoms with E-state index in [0.717, 1.165) is 0 Å². The van der Waals surface area contributed by atoms with Crippen molar-refractivity contribution in [3.05, 3.63) is 194 Å². The molecule has 0 saturated carbocycles. The summed E-state index contributed by atoms with van der Waals surface area (Å²) in [5.74, 6) is 0. The fraction of sp³-hybridized carbons (Fsp3) is 0. The van der Waals surface area contributed by atoms with Gasteiger partial charge in [-0.05, 0) is 80.3 Å². The molecule has 0 atom stereocenters. The summed E-state index contributed by atoms with van der Waals surface area (Å²) in [6, 6.07) is 71.8. The van der Waals surface area contributed by atoms with Crippen LogP contribution in [0.4, 0.5) is 0 Å². The molecule has 0 N–H and O–H groups in total. The van der Waals surface area contributed by atoms with Crippen LogP contribution in [0.25, 0.3) is 32.7 Å². The van der Waals surface area contributed by atoms with Gasteiger partial charge >= 0.3 is 35.3 Å². The van der Waals surface area contributed by atoms with Crippen molar-refractivity contribution in [3.8, 4) is 11.1 Å². The Balaban J connectivity index is 0.00000122. The Labute approximate surface area is 307 Å². The van der Waals surface area contributed by atoms with Gasteiger partial charge in [-0.15, -0.1) is 0 Å². The molecule has 49 heavy (non-hydrogen) atoms. The van der Waals surface area contributed by atoms with Crippen molar-refractivity contribution in [2.24, 2.45) is 0 Å². The number of rotatable bonds is 7. The number of fused-ring (bicyclic) bond motifs is 2. The minimum atomic E-state index is -0.852. The second-order valence-corrected chi connectivity index (χ2v) is 19.1. The van der Waals surface area contributed by atoms with Gasteiger partial charge in [0.25, 0.3) is 0 Å². The Bertz CT molecular complexity index is 2040. The zero-order valence-corrected chi connectivity index (χ0v) is 32.0. The van der Waals surface area contributed by atoms with Crippen LogP contribution in [-0.2, 0) is 16.5 Å². The SMILES string of the molecule is [Cl][Pt][Cl].c1ccc(P(c2ccccc2)c2ccc3ccccc3c2-c2c(P(c3ccccc3)c3ccccc3)ccc3ccccc23)cc1. The third kappa shape index (κ3) is 7.33. The van der Waals surface area contributed by atoms with E-state index >= 15 is 0 Å². The van der Waals surface area contributed by atoms with Crippen molar-refractivity contribution in [1.29, 1.82) is 0 Å². The molecule has 0 saturated heterocycles. The second kappa shape index (κ2) is 16.4. The molecule has 0 aliphatic carbocycles. The first-order chi connectivity index (χ1) is 24.3. The summed E-state index contributed by atoms with van der Waals surface area (Å²) in [6.45, 7) is 0. The maximum Gasteiger partial charge on any atom is -0.000884 e. The molecule has 0 spiro atoms. The average Bonchev–Trinajstić information content (AvgIpc) is 3.17. The van der Waals surface area contributed by atoms with Gasteiger partial charge in [-0.25, -0.2) is 0 Å². The van der Waals surface area contributed by atoms with Crippen molar-refractivity contribution in [3.63, 3.8) is 0 Å². The first kappa shape index (κ1) is 33.9. The number of hydrogen-bond donors (Lipinski definition) is 0. The van der Waals surface area contributed by atoms with E-state index in [1.54, 1.807) is 0 Å². The first-order valence-corrected chi connectivity index (χ1v) is 24.3. The standard InChI is InChI=1S/C44H32P2.2ClH.Pt/c1-5-19-35(20-6-1)45(36-21-7-2-8-22-36)41-31-29-33-17-13-15-27-39(33)43(41)44-40-28-16-14-18-34(40)30-32-42(44)46(37-23-9-3-10-24-37)38-25-11-4-12-26-38;;;/h1-32H;2*1H;/q;;;+2/p-2. The summed E-state index contributed by atoms with van der Waals surface area (Å²) in [5, 5.41) is 13.3. The summed E-state index contributed by atoms with van der Waals surface area (Å²) < 4.78 is 0. The second-order valence-electron chi connectivity index (χ2n) is 11.4. The number of benzene rings is 8. The molecular formula is C44H32Cl2P2Pt. The maximum atomic E-state index is 4.88. The fourth-order valence-electron chi connectivity index (χ4n) is 6.58. The predicted molar refractivity (Wildman–Crippen MR) is 216 cm³/mol. The molecular weight excluding hydrogens is 856 g/mol. The zero-order chi connectivity index (χ0) is 33.4. The Hall–Kier alpha value is -3.59. The normalized spacial score (nSPS) is 11.2. The van der Waals surface area contributed by atoms with Crippen LogP contribution in [0, 0.1) is 0 Å². The molecule has 0 fully saturated rings. The number of hydrogen-bond acceptors (Lipinski definition) is 0. The van der Waals surface area contributed by atoms with E-state index in [0.29, 0.717) is 0 Å². The van der Waals surface area contributed by atoms with Crippen LogP contribution in [0.3, 0.4) is 0 Å². The molecule has 0 heterocycles. The quantitative estimate of drug-likeness (QED) is 0.140. The zero-order valence-electron chi connectivity index (χ0n) is 26.4. The van der Waals surface area contributed by atoms with Gasteiger partial charge in [0.05, 0.1) is 0 Å². The molecule has 8 aromatic rings. The van der Waals surface area contributed by atoms with Gasteiger partial charge in [0.1, 0.15) is 0 Å². The largest absolute Gasteiger partial charge is 0.0622 e. The van der Waals surface area contributed by atoms with E-state index < -0.39 is 32.3 Å². The van der Waals surface area contributed by atoms with E-state index in [2.05, 4.69) is 194 Å². The molecule has 0 amide bonds. The van der Waals surface area contributed by atoms with Crippen LogP contribution in [0.1, 0.15) is 0 Å². The Morgan fingerprint density at radius 2 is 0.571 bits per heavy atom. The minimum Gasteiger partial charge on any atom is -0.0622 e. The van der Waals surface area contributed by atoms with Crippen molar-refractivity contribution in [2.75, 3.05) is 0 Å². The molecule has 8 aromatic carbocycles. The molecule has 8 rings (SSSR count). The summed E-state index contributed by atoms with van der Waals surface area (Å²) >= 11 is -0.472. The Kier molecular flexibility index (Phi) is 11.3. The summed E-state index contributed by atoms with van der Waals surface area (Å²) in [4.78, 5) is 0. The van der Waals surface area contributed by atoms with E-state index in [1.165, 1.54) is 64.5 Å². The van der Waals surface area contributed by atoms with Gasteiger partial charge in [-0.1, -0.05) is 194 Å². The molecule has 0 radical (unpaired) electrons. The van der Waals surface area contributed by atoms with E-state index in [4.69, 9.17) is 18.8 Å². The average molecular weight is 889 g/mol. The van der Waals surface area contributed by atoms with Crippen molar-refractivity contribution in [2.45, 2.75) is 0 Å². The summed E-state index contributed by atoms with van der Waals surface area (Å²) in [5.41, 5.74) is 2.70. The molecule has 0 aromatic heterocycles. The third-order valence-electron chi connectivity index (χ3n) is 8.60. The van der Waals surface area contributed by atoms with Crippen LogP contribution >= 0.6 is 34.7 Å². The van der Waals surface area contributed by atoms with Crippen LogP contribution in [-0.4, -0.2) is 0 Å². The number of halogens is 2. The minimum absolute atomic E-state index is 0.472. The van der Waals surface area contributed by atoms with Crippen LogP contribution < -0.4 is 31.8 Å². The Morgan fingerprint density at radius 3 is 0.878 bits per heavy atom. The molecule has 0 aliphatic rings. The Morgan fingerprint density at radius 1 is 0.306 bits per heavy atom. The van der Waals surface area contributed by atoms with Gasteiger partial charge in [-0.3, -0.25) is 0 Å². The maximum absolute atomic E-state index is 4.88. The summed E-state index contributed by atoms with van der Waals surface area (Å²) in [7, 11) is 8.05. The summed E-state index contributed by atoms with van der Waals surface area (Å²) in [6.07, 6.45) is 0. The van der Waals surface area contributed by atoms with Crippen LogP contribution in [0.15, 0.2) is 194 Å². The predicted octanol–water partition coefficient (Wildman–Crippen LogP) is 10.6. The van der Waals surface area contributed by atoms with Gasteiger partial charge in [0.15, 0.2) is 0 Å². The smallest absolute Gasteiger partial charge is 0.000884 e. The molecule has 0 unspecified atom stereocenters. The molecule has 0 bridgehead atoms. The van der Waals surface area contributed by atoms with Crippen molar-refractivity contribution >= 4 is 88.1 Å². The van der Waals surface area contributed by atoms with E-state index in [9.17, 15) is 0 Å². The van der Waals surface area contributed by atoms with Crippen LogP contribution in [0.5, 0.6) is 0 Å².